The summed E-state index contributed by atoms with van der Waals surface area (Å²) in [6, 6.07) is 2.10. The molecule has 12 heavy (non-hydrogen) atoms. The number of nitrogens with zero attached hydrogens (tertiary/aromatic N) is 3. The Kier molecular flexibility index (Phi) is 1.73. The van der Waals surface area contributed by atoms with Crippen LogP contribution in [0.2, 0.25) is 0 Å². The molecule has 3 heteroatoms. The fraction of sp³-hybridized carbons (Fsp3) is 0.444. The fourth-order valence-electron chi connectivity index (χ4n) is 1.53. The van der Waals surface area contributed by atoms with Crippen molar-refractivity contribution < 1.29 is 0 Å². The zero-order valence-corrected chi connectivity index (χ0v) is 7.49. The molecule has 64 valence electrons. The molecule has 1 aromatic heterocycles. The fourth-order valence-corrected chi connectivity index (χ4v) is 1.53. The van der Waals surface area contributed by atoms with E-state index >= 15 is 0 Å². The summed E-state index contributed by atoms with van der Waals surface area (Å²) in [4.78, 5) is 4.11. The van der Waals surface area contributed by atoms with Gasteiger partial charge in [0, 0.05) is 26.8 Å². The number of hydrazine groups is 1. The molecule has 0 saturated carbocycles. The van der Waals surface area contributed by atoms with Crippen molar-refractivity contribution in [2.45, 2.75) is 6.42 Å². The van der Waals surface area contributed by atoms with Crippen molar-refractivity contribution in [2.75, 3.05) is 25.6 Å². The first-order chi connectivity index (χ1) is 5.79. The van der Waals surface area contributed by atoms with E-state index in [0.717, 1.165) is 13.0 Å². The average Bonchev–Trinajstić information content (AvgIpc) is 2.12. The number of likely N-dealkylation sites (N-methyl/N-ethyl adjacent to an activating group) is 1. The summed E-state index contributed by atoms with van der Waals surface area (Å²) >= 11 is 0. The number of aromatic nitrogens is 1. The first-order valence-electron chi connectivity index (χ1n) is 4.16. The SMILES string of the molecule is CN1CCc2ccncc2N1C. The lowest BCUT2D eigenvalue weighted by atomic mass is 10.1. The molecule has 0 amide bonds. The van der Waals surface area contributed by atoms with Gasteiger partial charge >= 0.3 is 0 Å². The minimum Gasteiger partial charge on any atom is -0.307 e. The topological polar surface area (TPSA) is 19.4 Å². The Morgan fingerprint density at radius 1 is 1.42 bits per heavy atom. The Balaban J connectivity index is 2.42. The summed E-state index contributed by atoms with van der Waals surface area (Å²) in [7, 11) is 4.16. The van der Waals surface area contributed by atoms with Crippen molar-refractivity contribution >= 4 is 5.69 Å². The minimum atomic E-state index is 1.09. The van der Waals surface area contributed by atoms with Gasteiger partial charge in [0.1, 0.15) is 0 Å². The van der Waals surface area contributed by atoms with Crippen LogP contribution in [0, 0.1) is 0 Å². The molecule has 3 nitrogen and oxygen atoms in total. The summed E-state index contributed by atoms with van der Waals surface area (Å²) in [5.74, 6) is 0. The van der Waals surface area contributed by atoms with Crippen LogP contribution in [0.25, 0.3) is 0 Å². The van der Waals surface area contributed by atoms with Crippen molar-refractivity contribution in [3.63, 3.8) is 0 Å². The molecule has 0 bridgehead atoms. The number of fused-ring (bicyclic) bond motifs is 1. The van der Waals surface area contributed by atoms with Crippen LogP contribution in [-0.4, -0.2) is 30.6 Å². The summed E-state index contributed by atoms with van der Waals surface area (Å²) in [6.45, 7) is 1.09. The smallest absolute Gasteiger partial charge is 0.0734 e. The van der Waals surface area contributed by atoms with Gasteiger partial charge in [-0.2, -0.15) is 0 Å². The van der Waals surface area contributed by atoms with E-state index in [0.29, 0.717) is 0 Å². The molecule has 0 fully saturated rings. The van der Waals surface area contributed by atoms with Crippen LogP contribution in [0.15, 0.2) is 18.5 Å². The first kappa shape index (κ1) is 7.55. The van der Waals surface area contributed by atoms with Crippen molar-refractivity contribution in [3.05, 3.63) is 24.0 Å². The Morgan fingerprint density at radius 3 is 3.08 bits per heavy atom. The zero-order chi connectivity index (χ0) is 8.55. The molecule has 2 heterocycles. The highest BCUT2D eigenvalue weighted by molar-refractivity contribution is 5.51. The molecular weight excluding hydrogens is 150 g/mol. The molecule has 0 aliphatic carbocycles. The van der Waals surface area contributed by atoms with Crippen LogP contribution in [0.1, 0.15) is 5.56 Å². The van der Waals surface area contributed by atoms with Gasteiger partial charge < -0.3 is 5.01 Å². The molecule has 0 aromatic carbocycles. The highest BCUT2D eigenvalue weighted by Gasteiger charge is 2.16. The van der Waals surface area contributed by atoms with Crippen molar-refractivity contribution in [3.8, 4) is 0 Å². The predicted octanol–water partition coefficient (Wildman–Crippen LogP) is 0.921. The second-order valence-corrected chi connectivity index (χ2v) is 3.16. The lowest BCUT2D eigenvalue weighted by Gasteiger charge is -2.35. The summed E-state index contributed by atoms with van der Waals surface area (Å²) < 4.78 is 0. The quantitative estimate of drug-likeness (QED) is 0.567. The second kappa shape index (κ2) is 2.75. The maximum atomic E-state index is 4.11. The molecular formula is C9H13N3. The molecule has 0 saturated heterocycles. The van der Waals surface area contributed by atoms with Crippen molar-refractivity contribution in [2.24, 2.45) is 0 Å². The van der Waals surface area contributed by atoms with Gasteiger partial charge in [-0.05, 0) is 18.1 Å². The molecule has 2 rings (SSSR count). The Morgan fingerprint density at radius 2 is 2.25 bits per heavy atom. The molecule has 0 N–H and O–H groups in total. The van der Waals surface area contributed by atoms with E-state index in [4.69, 9.17) is 0 Å². The molecule has 0 unspecified atom stereocenters. The van der Waals surface area contributed by atoms with Crippen LogP contribution in [0.4, 0.5) is 5.69 Å². The first-order valence-corrected chi connectivity index (χ1v) is 4.16. The van der Waals surface area contributed by atoms with Gasteiger partial charge in [0.25, 0.3) is 0 Å². The van der Waals surface area contributed by atoms with Gasteiger partial charge in [0.2, 0.25) is 0 Å². The number of rotatable bonds is 0. The van der Waals surface area contributed by atoms with Gasteiger partial charge in [-0.1, -0.05) is 0 Å². The molecule has 0 radical (unpaired) electrons. The largest absolute Gasteiger partial charge is 0.307 e. The lowest BCUT2D eigenvalue weighted by molar-refractivity contribution is 0.313. The van der Waals surface area contributed by atoms with Gasteiger partial charge in [-0.3, -0.25) is 4.98 Å². The third-order valence-electron chi connectivity index (χ3n) is 2.45. The van der Waals surface area contributed by atoms with Crippen LogP contribution in [-0.2, 0) is 6.42 Å². The highest BCUT2D eigenvalue weighted by Crippen LogP contribution is 2.23. The van der Waals surface area contributed by atoms with Crippen LogP contribution < -0.4 is 5.01 Å². The Bertz CT molecular complexity index is 285. The number of anilines is 1. The van der Waals surface area contributed by atoms with E-state index in [-0.39, 0.29) is 0 Å². The molecule has 1 aliphatic heterocycles. The third kappa shape index (κ3) is 1.06. The normalized spacial score (nSPS) is 17.7. The van der Waals surface area contributed by atoms with Gasteiger partial charge in [0.05, 0.1) is 11.9 Å². The Hall–Kier alpha value is -1.09. The molecule has 0 spiro atoms. The average molecular weight is 163 g/mol. The molecule has 0 atom stereocenters. The standard InChI is InChI=1S/C9H13N3/c1-11-6-4-8-3-5-10-7-9(8)12(11)2/h3,5,7H,4,6H2,1-2H3. The van der Waals surface area contributed by atoms with E-state index in [1.165, 1.54) is 11.3 Å². The minimum absolute atomic E-state index is 1.09. The van der Waals surface area contributed by atoms with E-state index in [9.17, 15) is 0 Å². The number of hydrogen-bond acceptors (Lipinski definition) is 3. The van der Waals surface area contributed by atoms with Crippen molar-refractivity contribution in [1.29, 1.82) is 0 Å². The summed E-state index contributed by atoms with van der Waals surface area (Å²) in [5, 5.41) is 4.34. The van der Waals surface area contributed by atoms with E-state index in [1.807, 2.05) is 12.4 Å². The lowest BCUT2D eigenvalue weighted by Crippen LogP contribution is -2.41. The number of hydrogen-bond donors (Lipinski definition) is 0. The van der Waals surface area contributed by atoms with Gasteiger partial charge in [0.15, 0.2) is 0 Å². The second-order valence-electron chi connectivity index (χ2n) is 3.16. The van der Waals surface area contributed by atoms with Crippen molar-refractivity contribution in [1.82, 2.24) is 9.99 Å². The Labute approximate surface area is 72.6 Å². The molecule has 1 aliphatic rings. The number of pyridine rings is 1. The third-order valence-corrected chi connectivity index (χ3v) is 2.45. The van der Waals surface area contributed by atoms with Gasteiger partial charge in [-0.15, -0.1) is 0 Å². The van der Waals surface area contributed by atoms with E-state index < -0.39 is 0 Å². The maximum absolute atomic E-state index is 4.11. The van der Waals surface area contributed by atoms with E-state index in [1.54, 1.807) is 0 Å². The summed E-state index contributed by atoms with van der Waals surface area (Å²) in [5.41, 5.74) is 2.62. The van der Waals surface area contributed by atoms with Crippen LogP contribution in [0.5, 0.6) is 0 Å². The summed E-state index contributed by atoms with van der Waals surface area (Å²) in [6.07, 6.45) is 4.90. The molecule has 1 aromatic rings. The highest BCUT2D eigenvalue weighted by atomic mass is 15.6. The van der Waals surface area contributed by atoms with E-state index in [2.05, 4.69) is 35.2 Å². The van der Waals surface area contributed by atoms with Crippen LogP contribution >= 0.6 is 0 Å². The zero-order valence-electron chi connectivity index (χ0n) is 7.49. The maximum Gasteiger partial charge on any atom is 0.0734 e. The van der Waals surface area contributed by atoms with Gasteiger partial charge in [-0.25, -0.2) is 5.01 Å². The monoisotopic (exact) mass is 163 g/mol. The predicted molar refractivity (Wildman–Crippen MR) is 49.0 cm³/mol. The van der Waals surface area contributed by atoms with Crippen LogP contribution in [0.3, 0.4) is 0 Å².